The minimum atomic E-state index is -0.742. The molecule has 0 aliphatic carbocycles. The van der Waals surface area contributed by atoms with E-state index in [0.29, 0.717) is 5.84 Å². The number of quaternary nitrogens is 1. The predicted molar refractivity (Wildman–Crippen MR) is 51.2 cm³/mol. The molecule has 0 aromatic carbocycles. The van der Waals surface area contributed by atoms with Gasteiger partial charge in [0, 0.05) is 7.05 Å². The second-order valence-corrected chi connectivity index (χ2v) is 3.61. The summed E-state index contributed by atoms with van der Waals surface area (Å²) in [6.07, 6.45) is 0. The average Bonchev–Trinajstić information content (AvgIpc) is 2.30. The number of hydrogen-bond acceptors (Lipinski definition) is 3. The van der Waals surface area contributed by atoms with Crippen molar-refractivity contribution in [1.29, 1.82) is 0 Å². The van der Waals surface area contributed by atoms with E-state index in [1.54, 1.807) is 27.8 Å². The fourth-order valence-corrected chi connectivity index (χ4v) is 1.44. The maximum atomic E-state index is 11.8. The summed E-state index contributed by atoms with van der Waals surface area (Å²) in [6.45, 7) is 5.14. The summed E-state index contributed by atoms with van der Waals surface area (Å²) in [5.41, 5.74) is 5.23. The molecular weight excluding hydrogens is 184 g/mol. The van der Waals surface area contributed by atoms with Gasteiger partial charge in [-0.25, -0.2) is 14.5 Å². The smallest absolute Gasteiger partial charge is 0.316 e. The van der Waals surface area contributed by atoms with Gasteiger partial charge in [0.2, 0.25) is 0 Å². The van der Waals surface area contributed by atoms with Crippen LogP contribution in [0.25, 0.3) is 0 Å². The zero-order valence-electron chi connectivity index (χ0n) is 8.81. The summed E-state index contributed by atoms with van der Waals surface area (Å²) in [7, 11) is 1.58. The number of nitrogens with zero attached hydrogens (tertiary/aromatic N) is 3. The van der Waals surface area contributed by atoms with Gasteiger partial charge in [-0.15, -0.1) is 0 Å². The number of primary amides is 1. The lowest BCUT2D eigenvalue weighted by Gasteiger charge is -2.24. The first kappa shape index (κ1) is 10.6. The van der Waals surface area contributed by atoms with Gasteiger partial charge in [-0.05, 0) is 30.5 Å². The quantitative estimate of drug-likeness (QED) is 0.631. The lowest BCUT2D eigenvalue weighted by Crippen LogP contribution is -2.59. The highest BCUT2D eigenvalue weighted by Crippen LogP contribution is 2.24. The topological polar surface area (TPSA) is 75.8 Å². The van der Waals surface area contributed by atoms with Crippen LogP contribution in [0.3, 0.4) is 0 Å². The normalized spacial score (nSPS) is 27.1. The first-order valence-electron chi connectivity index (χ1n) is 4.38. The van der Waals surface area contributed by atoms with Crippen LogP contribution in [0.4, 0.5) is 9.59 Å². The number of carbonyl (C=O) groups excluding carboxylic acids is 2. The molecule has 1 aliphatic rings. The predicted octanol–water partition coefficient (Wildman–Crippen LogP) is 0.689. The number of nitrogens with two attached hydrogens (primary N) is 1. The third-order valence-electron chi connectivity index (χ3n) is 2.45. The van der Waals surface area contributed by atoms with Gasteiger partial charge >= 0.3 is 12.1 Å². The first-order chi connectivity index (χ1) is 6.34. The highest BCUT2D eigenvalue weighted by atomic mass is 16.2. The van der Waals surface area contributed by atoms with E-state index in [0.717, 1.165) is 0 Å². The van der Waals surface area contributed by atoms with E-state index in [2.05, 4.69) is 5.10 Å². The summed E-state index contributed by atoms with van der Waals surface area (Å²) in [5.74, 6) is 0.502. The van der Waals surface area contributed by atoms with Gasteiger partial charge < -0.3 is 5.73 Å². The molecule has 6 heteroatoms. The summed E-state index contributed by atoms with van der Waals surface area (Å²) in [4.78, 5) is 24.4. The second-order valence-electron chi connectivity index (χ2n) is 3.61. The number of urea groups is 2. The van der Waals surface area contributed by atoms with Crippen LogP contribution < -0.4 is 5.73 Å². The Balaban J connectivity index is 3.27. The van der Waals surface area contributed by atoms with Crippen LogP contribution in [-0.4, -0.2) is 40.5 Å². The molecule has 78 valence electrons. The van der Waals surface area contributed by atoms with Crippen LogP contribution >= 0.6 is 0 Å². The maximum absolute atomic E-state index is 11.8. The maximum Gasteiger partial charge on any atom is 0.460 e. The molecule has 1 atom stereocenters. The molecule has 2 N–H and O–H groups in total. The van der Waals surface area contributed by atoms with E-state index in [1.165, 1.54) is 4.90 Å². The number of rotatable bonds is 1. The molecule has 4 amide bonds. The Hall–Kier alpha value is -1.43. The number of hydrogen-bond donors (Lipinski definition) is 1. The molecule has 0 aromatic heterocycles. The zero-order chi connectivity index (χ0) is 11.1. The molecule has 14 heavy (non-hydrogen) atoms. The minimum Gasteiger partial charge on any atom is -0.316 e. The Morgan fingerprint density at radius 2 is 2.07 bits per heavy atom. The van der Waals surface area contributed by atoms with Crippen LogP contribution in [0.2, 0.25) is 0 Å². The monoisotopic (exact) mass is 199 g/mol. The Bertz CT molecular complexity index is 323. The number of carbonyl (C=O) groups is 2. The molecule has 0 saturated carbocycles. The third-order valence-corrected chi connectivity index (χ3v) is 2.45. The minimum absolute atomic E-state index is 0.292. The van der Waals surface area contributed by atoms with E-state index >= 15 is 0 Å². The van der Waals surface area contributed by atoms with Crippen LogP contribution in [0.5, 0.6) is 0 Å². The van der Waals surface area contributed by atoms with Crippen LogP contribution in [0.1, 0.15) is 20.8 Å². The molecule has 0 radical (unpaired) electrons. The Morgan fingerprint density at radius 3 is 2.21 bits per heavy atom. The molecule has 1 rings (SSSR count). The van der Waals surface area contributed by atoms with Crippen molar-refractivity contribution in [3.8, 4) is 0 Å². The summed E-state index contributed by atoms with van der Waals surface area (Å²) < 4.78 is -0.664. The number of amidine groups is 1. The average molecular weight is 199 g/mol. The van der Waals surface area contributed by atoms with E-state index < -0.39 is 16.7 Å². The third kappa shape index (κ3) is 1.11. The van der Waals surface area contributed by atoms with Crippen molar-refractivity contribution in [2.24, 2.45) is 10.8 Å². The molecule has 6 nitrogen and oxygen atoms in total. The van der Waals surface area contributed by atoms with Gasteiger partial charge in [-0.2, -0.15) is 0 Å². The lowest BCUT2D eigenvalue weighted by atomic mass is 10.3. The van der Waals surface area contributed by atoms with Gasteiger partial charge in [-0.1, -0.05) is 0 Å². The Morgan fingerprint density at radius 1 is 1.57 bits per heavy atom. The van der Waals surface area contributed by atoms with Gasteiger partial charge in [0.25, 0.3) is 0 Å². The largest absolute Gasteiger partial charge is 0.460 e. The van der Waals surface area contributed by atoms with Crippen LogP contribution in [0, 0.1) is 0 Å². The molecule has 1 unspecified atom stereocenters. The van der Waals surface area contributed by atoms with Crippen molar-refractivity contribution in [3.63, 3.8) is 0 Å². The van der Waals surface area contributed by atoms with Crippen LogP contribution in [-0.2, 0) is 0 Å². The molecule has 0 fully saturated rings. The van der Waals surface area contributed by atoms with Crippen molar-refractivity contribution in [1.82, 2.24) is 4.90 Å². The lowest BCUT2D eigenvalue weighted by molar-refractivity contribution is -0.795. The van der Waals surface area contributed by atoms with Gasteiger partial charge in [0.15, 0.2) is 5.84 Å². The van der Waals surface area contributed by atoms with Crippen molar-refractivity contribution in [3.05, 3.63) is 0 Å². The molecule has 0 aromatic rings. The molecular formula is C8H15N4O2+. The highest BCUT2D eigenvalue weighted by molar-refractivity contribution is 6.00. The second kappa shape index (κ2) is 3.06. The fourth-order valence-electron chi connectivity index (χ4n) is 1.44. The SMILES string of the molecule is CC1=N[N+](C(N)=O)(C(C)C)C(=O)N1C. The van der Waals surface area contributed by atoms with Gasteiger partial charge in [0.1, 0.15) is 6.04 Å². The van der Waals surface area contributed by atoms with Gasteiger partial charge in [-0.3, -0.25) is 0 Å². The zero-order valence-corrected chi connectivity index (χ0v) is 8.81. The Kier molecular flexibility index (Phi) is 2.32. The fraction of sp³-hybridized carbons (Fsp3) is 0.625. The standard InChI is InChI=1S/C8H14N4O2/c1-5(2)12(7(9)13)8(14)11(4)6(3)10-12/h5H,1-4H3,(H-,9,13)/p+1. The molecule has 0 spiro atoms. The van der Waals surface area contributed by atoms with E-state index in [1.807, 2.05) is 0 Å². The Labute approximate surface area is 82.5 Å². The summed E-state index contributed by atoms with van der Waals surface area (Å²) in [6, 6.07) is -1.43. The van der Waals surface area contributed by atoms with E-state index in [-0.39, 0.29) is 6.04 Å². The van der Waals surface area contributed by atoms with Crippen molar-refractivity contribution < 1.29 is 14.2 Å². The molecule has 1 aliphatic heterocycles. The van der Waals surface area contributed by atoms with Crippen molar-refractivity contribution >= 4 is 17.9 Å². The van der Waals surface area contributed by atoms with E-state index in [4.69, 9.17) is 5.73 Å². The van der Waals surface area contributed by atoms with Crippen molar-refractivity contribution in [2.75, 3.05) is 7.05 Å². The summed E-state index contributed by atoms with van der Waals surface area (Å²) >= 11 is 0. The highest BCUT2D eigenvalue weighted by Gasteiger charge is 2.55. The van der Waals surface area contributed by atoms with Crippen molar-refractivity contribution in [2.45, 2.75) is 26.8 Å². The summed E-state index contributed by atoms with van der Waals surface area (Å²) in [5, 5.41) is 4.04. The van der Waals surface area contributed by atoms with Gasteiger partial charge in [0.05, 0.1) is 0 Å². The number of amides is 4. The van der Waals surface area contributed by atoms with Crippen LogP contribution in [0.15, 0.2) is 5.10 Å². The molecule has 0 bridgehead atoms. The number of imide groups is 1. The van der Waals surface area contributed by atoms with E-state index in [9.17, 15) is 9.59 Å². The first-order valence-corrected chi connectivity index (χ1v) is 4.38. The molecule has 0 saturated heterocycles. The molecule has 1 heterocycles.